The van der Waals surface area contributed by atoms with Gasteiger partial charge in [-0.15, -0.1) is 0 Å². The van der Waals surface area contributed by atoms with Gasteiger partial charge in [0.1, 0.15) is 0 Å². The summed E-state index contributed by atoms with van der Waals surface area (Å²) in [5, 5.41) is 1.87. The van der Waals surface area contributed by atoms with Crippen molar-refractivity contribution in [2.24, 2.45) is 0 Å². The maximum Gasteiger partial charge on any atom is 0.293 e. The molecule has 1 saturated heterocycles. The summed E-state index contributed by atoms with van der Waals surface area (Å²) in [4.78, 5) is 27.1. The third-order valence-electron chi connectivity index (χ3n) is 4.78. The SMILES string of the molecule is O=C1S/C(=C/c2ccc3c(c2)OCO3)C(=O)N1Cc1cccc2ccccc12. The second kappa shape index (κ2) is 6.73. The zero-order valence-corrected chi connectivity index (χ0v) is 15.6. The molecule has 0 N–H and O–H groups in total. The number of hydrogen-bond acceptors (Lipinski definition) is 5. The van der Waals surface area contributed by atoms with Crippen LogP contribution >= 0.6 is 11.8 Å². The summed E-state index contributed by atoms with van der Waals surface area (Å²) in [5.74, 6) is 1.05. The molecular formula is C22H15NO4S. The minimum atomic E-state index is -0.277. The molecule has 3 aromatic carbocycles. The highest BCUT2D eigenvalue weighted by atomic mass is 32.2. The van der Waals surface area contributed by atoms with Crippen LogP contribution < -0.4 is 9.47 Å². The van der Waals surface area contributed by atoms with Crippen LogP contribution in [0, 0.1) is 0 Å². The Bertz CT molecular complexity index is 1150. The maximum atomic E-state index is 12.9. The summed E-state index contributed by atoms with van der Waals surface area (Å²) in [6, 6.07) is 19.3. The number of benzene rings is 3. The fourth-order valence-electron chi connectivity index (χ4n) is 3.39. The molecule has 3 aromatic rings. The van der Waals surface area contributed by atoms with E-state index in [4.69, 9.17) is 9.47 Å². The van der Waals surface area contributed by atoms with Crippen molar-refractivity contribution in [2.75, 3.05) is 6.79 Å². The molecule has 2 aliphatic rings. The monoisotopic (exact) mass is 389 g/mol. The second-order valence-corrected chi connectivity index (χ2v) is 7.51. The lowest BCUT2D eigenvalue weighted by Gasteiger charge is -2.14. The van der Waals surface area contributed by atoms with Crippen molar-refractivity contribution in [2.45, 2.75) is 6.54 Å². The van der Waals surface area contributed by atoms with E-state index in [-0.39, 0.29) is 24.5 Å². The van der Waals surface area contributed by atoms with E-state index in [0.717, 1.165) is 33.7 Å². The predicted molar refractivity (Wildman–Crippen MR) is 108 cm³/mol. The van der Waals surface area contributed by atoms with Crippen LogP contribution in [0.3, 0.4) is 0 Å². The summed E-state index contributed by atoms with van der Waals surface area (Å²) in [7, 11) is 0. The first-order valence-corrected chi connectivity index (χ1v) is 9.62. The molecule has 0 aliphatic carbocycles. The molecule has 2 heterocycles. The fraction of sp³-hybridized carbons (Fsp3) is 0.0909. The van der Waals surface area contributed by atoms with E-state index in [9.17, 15) is 9.59 Å². The lowest BCUT2D eigenvalue weighted by molar-refractivity contribution is -0.123. The number of thioether (sulfide) groups is 1. The molecular weight excluding hydrogens is 374 g/mol. The zero-order chi connectivity index (χ0) is 19.1. The first kappa shape index (κ1) is 16.9. The number of carbonyl (C=O) groups is 2. The number of nitrogens with zero attached hydrogens (tertiary/aromatic N) is 1. The standard InChI is InChI=1S/C22H15NO4S/c24-21-20(11-14-8-9-18-19(10-14)27-13-26-18)28-22(25)23(21)12-16-6-3-5-15-4-1-2-7-17(15)16/h1-11H,12-13H2/b20-11+. The van der Waals surface area contributed by atoms with E-state index >= 15 is 0 Å². The van der Waals surface area contributed by atoms with Crippen LogP contribution in [0.15, 0.2) is 65.6 Å². The second-order valence-electron chi connectivity index (χ2n) is 6.52. The van der Waals surface area contributed by atoms with Gasteiger partial charge in [-0.05, 0) is 51.9 Å². The molecule has 2 aliphatic heterocycles. The first-order chi connectivity index (χ1) is 13.7. The van der Waals surface area contributed by atoms with Crippen LogP contribution in [0.4, 0.5) is 4.79 Å². The number of amides is 2. The molecule has 5 rings (SSSR count). The number of rotatable bonds is 3. The number of hydrogen-bond donors (Lipinski definition) is 0. The molecule has 0 bridgehead atoms. The lowest BCUT2D eigenvalue weighted by Crippen LogP contribution is -2.27. The minimum Gasteiger partial charge on any atom is -0.454 e. The summed E-state index contributed by atoms with van der Waals surface area (Å²) in [6.45, 7) is 0.449. The fourth-order valence-corrected chi connectivity index (χ4v) is 4.23. The van der Waals surface area contributed by atoms with E-state index in [0.29, 0.717) is 16.4 Å². The van der Waals surface area contributed by atoms with E-state index < -0.39 is 0 Å². The quantitative estimate of drug-likeness (QED) is 0.602. The topological polar surface area (TPSA) is 55.8 Å². The summed E-state index contributed by atoms with van der Waals surface area (Å²) in [6.07, 6.45) is 1.72. The van der Waals surface area contributed by atoms with Gasteiger partial charge in [0, 0.05) is 0 Å². The lowest BCUT2D eigenvalue weighted by atomic mass is 10.0. The Labute approximate surface area is 165 Å². The maximum absolute atomic E-state index is 12.9. The van der Waals surface area contributed by atoms with E-state index in [1.54, 1.807) is 18.2 Å². The number of fused-ring (bicyclic) bond motifs is 2. The molecule has 28 heavy (non-hydrogen) atoms. The van der Waals surface area contributed by atoms with E-state index in [1.807, 2.05) is 48.5 Å². The summed E-state index contributed by atoms with van der Waals surface area (Å²) >= 11 is 0.961. The summed E-state index contributed by atoms with van der Waals surface area (Å²) in [5.41, 5.74) is 1.74. The van der Waals surface area contributed by atoms with Gasteiger partial charge in [0.15, 0.2) is 11.5 Å². The smallest absolute Gasteiger partial charge is 0.293 e. The van der Waals surface area contributed by atoms with Gasteiger partial charge in [0.2, 0.25) is 6.79 Å². The van der Waals surface area contributed by atoms with Crippen molar-refractivity contribution in [3.05, 3.63) is 76.7 Å². The van der Waals surface area contributed by atoms with E-state index in [2.05, 4.69) is 0 Å². The Balaban J connectivity index is 1.43. The van der Waals surface area contributed by atoms with Crippen LogP contribution in [0.1, 0.15) is 11.1 Å². The highest BCUT2D eigenvalue weighted by Gasteiger charge is 2.35. The van der Waals surface area contributed by atoms with Crippen molar-refractivity contribution < 1.29 is 19.1 Å². The third kappa shape index (κ3) is 2.92. The normalized spacial score (nSPS) is 17.1. The van der Waals surface area contributed by atoms with Gasteiger partial charge in [-0.2, -0.15) is 0 Å². The van der Waals surface area contributed by atoms with Crippen molar-refractivity contribution >= 4 is 39.8 Å². The van der Waals surface area contributed by atoms with Gasteiger partial charge in [0.05, 0.1) is 11.4 Å². The van der Waals surface area contributed by atoms with Crippen molar-refractivity contribution in [1.29, 1.82) is 0 Å². The van der Waals surface area contributed by atoms with Gasteiger partial charge in [0.25, 0.3) is 11.1 Å². The molecule has 0 unspecified atom stereocenters. The Morgan fingerprint density at radius 3 is 2.71 bits per heavy atom. The van der Waals surface area contributed by atoms with Crippen LogP contribution in [0.2, 0.25) is 0 Å². The van der Waals surface area contributed by atoms with Gasteiger partial charge < -0.3 is 9.47 Å². The van der Waals surface area contributed by atoms with Crippen molar-refractivity contribution in [1.82, 2.24) is 4.90 Å². The first-order valence-electron chi connectivity index (χ1n) is 8.81. The molecule has 1 fully saturated rings. The molecule has 2 amide bonds. The van der Waals surface area contributed by atoms with Crippen LogP contribution in [-0.2, 0) is 11.3 Å². The van der Waals surface area contributed by atoms with Crippen LogP contribution in [0.5, 0.6) is 11.5 Å². The average Bonchev–Trinajstić information content (AvgIpc) is 3.28. The van der Waals surface area contributed by atoms with Gasteiger partial charge in [-0.3, -0.25) is 14.5 Å². The molecule has 138 valence electrons. The summed E-state index contributed by atoms with van der Waals surface area (Å²) < 4.78 is 10.7. The van der Waals surface area contributed by atoms with Gasteiger partial charge in [-0.25, -0.2) is 0 Å². The van der Waals surface area contributed by atoms with Crippen molar-refractivity contribution in [3.63, 3.8) is 0 Å². The Kier molecular flexibility index (Phi) is 4.06. The number of ether oxygens (including phenoxy) is 2. The number of carbonyl (C=O) groups excluding carboxylic acids is 2. The van der Waals surface area contributed by atoms with Crippen molar-refractivity contribution in [3.8, 4) is 11.5 Å². The molecule has 0 radical (unpaired) electrons. The molecule has 5 nitrogen and oxygen atoms in total. The highest BCUT2D eigenvalue weighted by Crippen LogP contribution is 2.37. The molecule has 0 spiro atoms. The Morgan fingerprint density at radius 1 is 0.964 bits per heavy atom. The molecule has 0 saturated carbocycles. The minimum absolute atomic E-state index is 0.195. The Hall–Kier alpha value is -3.25. The molecule has 0 aromatic heterocycles. The average molecular weight is 389 g/mol. The van der Waals surface area contributed by atoms with Gasteiger partial charge in [-0.1, -0.05) is 48.5 Å². The molecule has 0 atom stereocenters. The Morgan fingerprint density at radius 2 is 1.79 bits per heavy atom. The zero-order valence-electron chi connectivity index (χ0n) is 14.8. The van der Waals surface area contributed by atoms with Crippen LogP contribution in [-0.4, -0.2) is 22.8 Å². The third-order valence-corrected chi connectivity index (χ3v) is 5.68. The van der Waals surface area contributed by atoms with Crippen LogP contribution in [0.25, 0.3) is 16.8 Å². The van der Waals surface area contributed by atoms with E-state index in [1.165, 1.54) is 4.90 Å². The molecule has 6 heteroatoms. The van der Waals surface area contributed by atoms with Gasteiger partial charge >= 0.3 is 0 Å². The predicted octanol–water partition coefficient (Wildman–Crippen LogP) is 4.81. The largest absolute Gasteiger partial charge is 0.454 e. The number of imide groups is 1. The highest BCUT2D eigenvalue weighted by molar-refractivity contribution is 8.18.